The van der Waals surface area contributed by atoms with E-state index < -0.39 is 11.9 Å². The zero-order valence-electron chi connectivity index (χ0n) is 7.98. The van der Waals surface area contributed by atoms with Crippen LogP contribution in [-0.2, 0) is 4.79 Å². The predicted octanol–water partition coefficient (Wildman–Crippen LogP) is 1.12. The van der Waals surface area contributed by atoms with Crippen LogP contribution >= 0.6 is 11.6 Å². The molecule has 15 heavy (non-hydrogen) atoms. The molecule has 1 aliphatic rings. The van der Waals surface area contributed by atoms with Crippen LogP contribution < -0.4 is 5.32 Å². The van der Waals surface area contributed by atoms with Gasteiger partial charge in [-0.1, -0.05) is 11.6 Å². The maximum atomic E-state index is 11.0. The van der Waals surface area contributed by atoms with Crippen molar-refractivity contribution < 1.29 is 9.90 Å². The molecule has 2 heterocycles. The first-order valence-electron chi connectivity index (χ1n) is 4.73. The van der Waals surface area contributed by atoms with E-state index in [0.29, 0.717) is 18.1 Å². The second kappa shape index (κ2) is 4.16. The summed E-state index contributed by atoms with van der Waals surface area (Å²) in [7, 11) is 0. The molecule has 4 nitrogen and oxygen atoms in total. The van der Waals surface area contributed by atoms with Gasteiger partial charge in [-0.25, -0.2) is 0 Å². The Labute approximate surface area is 92.3 Å². The van der Waals surface area contributed by atoms with Gasteiger partial charge in [-0.15, -0.1) is 0 Å². The molecular formula is C10H11ClN2O2. The van der Waals surface area contributed by atoms with Gasteiger partial charge in [-0.05, 0) is 12.1 Å². The quantitative estimate of drug-likeness (QED) is 0.794. The highest BCUT2D eigenvalue weighted by Crippen LogP contribution is 2.27. The van der Waals surface area contributed by atoms with Crippen molar-refractivity contribution in [3.63, 3.8) is 0 Å². The number of halogens is 1. The fourth-order valence-electron chi connectivity index (χ4n) is 1.86. The molecule has 0 radical (unpaired) electrons. The lowest BCUT2D eigenvalue weighted by Gasteiger charge is -2.13. The van der Waals surface area contributed by atoms with E-state index in [1.807, 2.05) is 0 Å². The molecule has 2 N–H and O–H groups in total. The summed E-state index contributed by atoms with van der Waals surface area (Å²) in [6.07, 6.45) is 1.55. The van der Waals surface area contributed by atoms with Gasteiger partial charge >= 0.3 is 5.97 Å². The lowest BCUT2D eigenvalue weighted by atomic mass is 9.93. The number of carboxylic acids is 1. The summed E-state index contributed by atoms with van der Waals surface area (Å²) >= 11 is 5.72. The Hall–Kier alpha value is -1.13. The molecule has 2 rings (SSSR count). The second-order valence-electron chi connectivity index (χ2n) is 3.61. The summed E-state index contributed by atoms with van der Waals surface area (Å²) in [5.74, 6) is -1.22. The molecule has 1 aromatic heterocycles. The number of hydrogen-bond acceptors (Lipinski definition) is 3. The average molecular weight is 227 g/mol. The number of pyridine rings is 1. The number of rotatable bonds is 2. The van der Waals surface area contributed by atoms with Crippen LogP contribution in [0, 0.1) is 5.92 Å². The van der Waals surface area contributed by atoms with Crippen LogP contribution in [0.25, 0.3) is 0 Å². The SMILES string of the molecule is O=C(O)C1CNCC1c1ccc(Cl)cn1. The van der Waals surface area contributed by atoms with Crippen LogP contribution in [0.2, 0.25) is 5.02 Å². The Bertz CT molecular complexity index is 366. The van der Waals surface area contributed by atoms with Crippen LogP contribution in [0.5, 0.6) is 0 Å². The van der Waals surface area contributed by atoms with E-state index in [1.165, 1.54) is 0 Å². The van der Waals surface area contributed by atoms with Crippen LogP contribution in [-0.4, -0.2) is 29.1 Å². The smallest absolute Gasteiger partial charge is 0.308 e. The highest BCUT2D eigenvalue weighted by molar-refractivity contribution is 6.30. The molecule has 2 unspecified atom stereocenters. The second-order valence-corrected chi connectivity index (χ2v) is 4.05. The number of nitrogens with one attached hydrogen (secondary N) is 1. The van der Waals surface area contributed by atoms with Crippen molar-refractivity contribution in [2.75, 3.05) is 13.1 Å². The van der Waals surface area contributed by atoms with Gasteiger partial charge in [0.2, 0.25) is 0 Å². The molecule has 1 saturated heterocycles. The lowest BCUT2D eigenvalue weighted by molar-refractivity contribution is -0.141. The van der Waals surface area contributed by atoms with Gasteiger partial charge in [0, 0.05) is 30.9 Å². The molecule has 80 valence electrons. The van der Waals surface area contributed by atoms with E-state index in [2.05, 4.69) is 10.3 Å². The molecule has 1 aliphatic heterocycles. The van der Waals surface area contributed by atoms with Crippen molar-refractivity contribution in [3.8, 4) is 0 Å². The Morgan fingerprint density at radius 2 is 2.33 bits per heavy atom. The highest BCUT2D eigenvalue weighted by Gasteiger charge is 2.34. The van der Waals surface area contributed by atoms with E-state index in [0.717, 1.165) is 5.69 Å². The minimum Gasteiger partial charge on any atom is -0.481 e. The topological polar surface area (TPSA) is 62.2 Å². The highest BCUT2D eigenvalue weighted by atomic mass is 35.5. The Kier molecular flexibility index (Phi) is 2.88. The summed E-state index contributed by atoms with van der Waals surface area (Å²) < 4.78 is 0. The van der Waals surface area contributed by atoms with Crippen LogP contribution in [0.1, 0.15) is 11.6 Å². The first-order chi connectivity index (χ1) is 7.18. The molecule has 0 spiro atoms. The first-order valence-corrected chi connectivity index (χ1v) is 5.11. The minimum atomic E-state index is -0.776. The number of carboxylic acid groups (broad SMARTS) is 1. The summed E-state index contributed by atoms with van der Waals surface area (Å²) in [4.78, 5) is 15.1. The monoisotopic (exact) mass is 226 g/mol. The van der Waals surface area contributed by atoms with E-state index in [4.69, 9.17) is 16.7 Å². The van der Waals surface area contributed by atoms with E-state index in [9.17, 15) is 4.79 Å². The third-order valence-corrected chi connectivity index (χ3v) is 2.89. The van der Waals surface area contributed by atoms with Gasteiger partial charge in [0.05, 0.1) is 10.9 Å². The molecule has 0 amide bonds. The molecule has 0 aliphatic carbocycles. The van der Waals surface area contributed by atoms with E-state index in [1.54, 1.807) is 18.3 Å². The van der Waals surface area contributed by atoms with Gasteiger partial charge in [-0.2, -0.15) is 0 Å². The Balaban J connectivity index is 2.22. The largest absolute Gasteiger partial charge is 0.481 e. The molecule has 1 aromatic rings. The van der Waals surface area contributed by atoms with Crippen molar-refractivity contribution in [3.05, 3.63) is 29.0 Å². The maximum absolute atomic E-state index is 11.0. The van der Waals surface area contributed by atoms with E-state index in [-0.39, 0.29) is 5.92 Å². The lowest BCUT2D eigenvalue weighted by Crippen LogP contribution is -2.21. The fourth-order valence-corrected chi connectivity index (χ4v) is 1.97. The van der Waals surface area contributed by atoms with Crippen molar-refractivity contribution in [2.24, 2.45) is 5.92 Å². The predicted molar refractivity (Wildman–Crippen MR) is 56.0 cm³/mol. The summed E-state index contributed by atoms with van der Waals surface area (Å²) in [5, 5.41) is 12.6. The molecule has 0 aromatic carbocycles. The van der Waals surface area contributed by atoms with Gasteiger partial charge < -0.3 is 10.4 Å². The summed E-state index contributed by atoms with van der Waals surface area (Å²) in [6, 6.07) is 3.52. The third-order valence-electron chi connectivity index (χ3n) is 2.66. The number of aromatic nitrogens is 1. The summed E-state index contributed by atoms with van der Waals surface area (Å²) in [6.45, 7) is 1.16. The van der Waals surface area contributed by atoms with Gasteiger partial charge in [0.1, 0.15) is 0 Å². The third kappa shape index (κ3) is 2.11. The molecular weight excluding hydrogens is 216 g/mol. The Morgan fingerprint density at radius 3 is 2.93 bits per heavy atom. The number of carbonyl (C=O) groups is 1. The van der Waals surface area contributed by atoms with E-state index >= 15 is 0 Å². The standard InChI is InChI=1S/C10H11ClN2O2/c11-6-1-2-9(13-3-6)7-4-12-5-8(7)10(14)15/h1-3,7-8,12H,4-5H2,(H,14,15). The molecule has 1 fully saturated rings. The minimum absolute atomic E-state index is 0.0558. The molecule has 0 saturated carbocycles. The van der Waals surface area contributed by atoms with Crippen molar-refractivity contribution >= 4 is 17.6 Å². The first kappa shape index (κ1) is 10.4. The molecule has 2 atom stereocenters. The summed E-state index contributed by atoms with van der Waals surface area (Å²) in [5.41, 5.74) is 0.789. The zero-order valence-corrected chi connectivity index (χ0v) is 8.74. The molecule has 0 bridgehead atoms. The normalized spacial score (nSPS) is 25.4. The van der Waals surface area contributed by atoms with Gasteiger partial charge in [-0.3, -0.25) is 9.78 Å². The number of nitrogens with zero attached hydrogens (tertiary/aromatic N) is 1. The van der Waals surface area contributed by atoms with Crippen molar-refractivity contribution in [1.29, 1.82) is 0 Å². The van der Waals surface area contributed by atoms with Crippen molar-refractivity contribution in [1.82, 2.24) is 10.3 Å². The van der Waals surface area contributed by atoms with Crippen LogP contribution in [0.3, 0.4) is 0 Å². The zero-order chi connectivity index (χ0) is 10.8. The maximum Gasteiger partial charge on any atom is 0.308 e. The van der Waals surface area contributed by atoms with Gasteiger partial charge in [0.25, 0.3) is 0 Å². The Morgan fingerprint density at radius 1 is 1.53 bits per heavy atom. The van der Waals surface area contributed by atoms with Crippen molar-refractivity contribution in [2.45, 2.75) is 5.92 Å². The van der Waals surface area contributed by atoms with Gasteiger partial charge in [0.15, 0.2) is 0 Å². The number of aliphatic carboxylic acids is 1. The van der Waals surface area contributed by atoms with Crippen LogP contribution in [0.15, 0.2) is 18.3 Å². The van der Waals surface area contributed by atoms with Crippen LogP contribution in [0.4, 0.5) is 0 Å². The average Bonchev–Trinajstić information content (AvgIpc) is 2.67. The number of hydrogen-bond donors (Lipinski definition) is 2. The molecule has 5 heteroatoms. The fraction of sp³-hybridized carbons (Fsp3) is 0.400.